The van der Waals surface area contributed by atoms with Crippen LogP contribution in [0.3, 0.4) is 0 Å². The third kappa shape index (κ3) is 8.40. The summed E-state index contributed by atoms with van der Waals surface area (Å²) in [7, 11) is -3.91. The number of nitrogens with one attached hydrogen (secondary N) is 1. The number of anilines is 1. The minimum Gasteiger partial charge on any atom is -0.352 e. The highest BCUT2D eigenvalue weighted by molar-refractivity contribution is 7.92. The van der Waals surface area contributed by atoms with E-state index in [0.29, 0.717) is 31.9 Å². The van der Waals surface area contributed by atoms with Crippen molar-refractivity contribution in [3.05, 3.63) is 98.5 Å². The lowest BCUT2D eigenvalue weighted by molar-refractivity contribution is -0.140. The van der Waals surface area contributed by atoms with Crippen LogP contribution in [0.25, 0.3) is 0 Å². The van der Waals surface area contributed by atoms with Crippen molar-refractivity contribution in [2.24, 2.45) is 0 Å². The van der Waals surface area contributed by atoms with E-state index >= 15 is 0 Å². The number of amides is 2. The molecule has 1 saturated carbocycles. The quantitative estimate of drug-likeness (QED) is 0.260. The average molecular weight is 651 g/mol. The summed E-state index contributed by atoms with van der Waals surface area (Å²) in [6, 6.07) is 18.4. The summed E-state index contributed by atoms with van der Waals surface area (Å²) < 4.78 is 27.1. The van der Waals surface area contributed by atoms with Gasteiger partial charge in [0.2, 0.25) is 21.8 Å². The zero-order valence-electron chi connectivity index (χ0n) is 23.5. The number of hydrogen-bond acceptors (Lipinski definition) is 4. The Bertz CT molecular complexity index is 1530. The normalized spacial score (nSPS) is 14.4. The summed E-state index contributed by atoms with van der Waals surface area (Å²) in [4.78, 5) is 29.6. The molecule has 3 aromatic rings. The summed E-state index contributed by atoms with van der Waals surface area (Å²) in [6.45, 7) is 1.23. The van der Waals surface area contributed by atoms with Crippen LogP contribution in [0, 0.1) is 6.92 Å². The lowest BCUT2D eigenvalue weighted by atomic mass is 10.0. The molecule has 4 rings (SSSR count). The van der Waals surface area contributed by atoms with E-state index in [1.165, 1.54) is 11.0 Å². The molecule has 0 aromatic heterocycles. The summed E-state index contributed by atoms with van der Waals surface area (Å²) in [5.74, 6) is -0.836. The molecule has 0 unspecified atom stereocenters. The minimum atomic E-state index is -3.91. The van der Waals surface area contributed by atoms with Crippen molar-refractivity contribution in [1.82, 2.24) is 10.2 Å². The van der Waals surface area contributed by atoms with E-state index in [1.807, 2.05) is 30.3 Å². The second-order valence-corrected chi connectivity index (χ2v) is 13.8. The van der Waals surface area contributed by atoms with E-state index in [-0.39, 0.29) is 24.9 Å². The van der Waals surface area contributed by atoms with Gasteiger partial charge in [-0.1, -0.05) is 90.1 Å². The van der Waals surface area contributed by atoms with Gasteiger partial charge < -0.3 is 10.2 Å². The van der Waals surface area contributed by atoms with Gasteiger partial charge in [-0.05, 0) is 60.7 Å². The Morgan fingerprint density at radius 1 is 0.929 bits per heavy atom. The molecule has 0 heterocycles. The fraction of sp³-hybridized carbons (Fsp3) is 0.355. The Balaban J connectivity index is 1.76. The molecule has 0 aliphatic heterocycles. The maximum absolute atomic E-state index is 14.2. The van der Waals surface area contributed by atoms with Gasteiger partial charge in [-0.25, -0.2) is 8.42 Å². The Morgan fingerprint density at radius 3 is 2.26 bits per heavy atom. The monoisotopic (exact) mass is 649 g/mol. The number of sulfonamides is 1. The third-order valence-electron chi connectivity index (χ3n) is 7.43. The number of benzene rings is 3. The standard InChI is InChI=1S/C31H34Cl3N3O4S/c1-21-12-14-24(32)18-28(21)37(42(2,40)41)20-30(38)36(19-23-13-15-26(33)27(34)16-23)29(17-22-8-4-3-5-9-22)31(39)35-25-10-6-7-11-25/h3-5,8-9,12-16,18,25,29H,6-7,10-11,17,19-20H2,1-2H3,(H,35,39)/t29-/m1/s1. The van der Waals surface area contributed by atoms with Crippen molar-refractivity contribution < 1.29 is 18.0 Å². The SMILES string of the molecule is Cc1ccc(Cl)cc1N(CC(=O)N(Cc1ccc(Cl)c(Cl)c1)[C@H](Cc1ccccc1)C(=O)NC1CCCC1)S(C)(=O)=O. The maximum Gasteiger partial charge on any atom is 0.244 e. The molecule has 0 bridgehead atoms. The van der Waals surface area contributed by atoms with Crippen LogP contribution >= 0.6 is 34.8 Å². The van der Waals surface area contributed by atoms with Gasteiger partial charge in [-0.3, -0.25) is 13.9 Å². The van der Waals surface area contributed by atoms with Crippen LogP contribution in [0.5, 0.6) is 0 Å². The fourth-order valence-electron chi connectivity index (χ4n) is 5.20. The first-order valence-electron chi connectivity index (χ1n) is 13.7. The lowest BCUT2D eigenvalue weighted by Gasteiger charge is -2.34. The molecule has 1 aliphatic carbocycles. The molecule has 1 fully saturated rings. The van der Waals surface area contributed by atoms with Crippen molar-refractivity contribution in [2.45, 2.75) is 57.7 Å². The predicted molar refractivity (Wildman–Crippen MR) is 170 cm³/mol. The highest BCUT2D eigenvalue weighted by Gasteiger charge is 2.34. The third-order valence-corrected chi connectivity index (χ3v) is 9.53. The van der Waals surface area contributed by atoms with E-state index < -0.39 is 28.5 Å². The van der Waals surface area contributed by atoms with Crippen LogP contribution < -0.4 is 9.62 Å². The number of hydrogen-bond donors (Lipinski definition) is 1. The lowest BCUT2D eigenvalue weighted by Crippen LogP contribution is -2.54. The topological polar surface area (TPSA) is 86.8 Å². The number of carbonyl (C=O) groups excluding carboxylic acids is 2. The predicted octanol–water partition coefficient (Wildman–Crippen LogP) is 6.42. The molecule has 1 aliphatic rings. The van der Waals surface area contributed by atoms with Gasteiger partial charge in [0.25, 0.3) is 0 Å². The number of halogens is 3. The number of aryl methyl sites for hydroxylation is 1. The van der Waals surface area contributed by atoms with E-state index in [0.717, 1.165) is 41.8 Å². The number of nitrogens with zero attached hydrogens (tertiary/aromatic N) is 2. The second-order valence-electron chi connectivity index (χ2n) is 10.7. The molecule has 1 atom stereocenters. The molecule has 1 N–H and O–H groups in total. The summed E-state index contributed by atoms with van der Waals surface area (Å²) in [5, 5.41) is 4.15. The maximum atomic E-state index is 14.2. The molecule has 2 amide bonds. The Labute approximate surface area is 262 Å². The van der Waals surface area contributed by atoms with Gasteiger partial charge in [-0.2, -0.15) is 0 Å². The van der Waals surface area contributed by atoms with Crippen molar-refractivity contribution >= 4 is 62.3 Å². The van der Waals surface area contributed by atoms with Gasteiger partial charge in [0.1, 0.15) is 12.6 Å². The van der Waals surface area contributed by atoms with Gasteiger partial charge in [0, 0.05) is 24.0 Å². The van der Waals surface area contributed by atoms with Crippen LogP contribution in [-0.2, 0) is 32.6 Å². The summed E-state index contributed by atoms with van der Waals surface area (Å²) in [5.41, 5.74) is 2.44. The van der Waals surface area contributed by atoms with E-state index in [1.54, 1.807) is 37.3 Å². The molecule has 0 saturated heterocycles. The highest BCUT2D eigenvalue weighted by Crippen LogP contribution is 2.28. The number of rotatable bonds is 11. The van der Waals surface area contributed by atoms with E-state index in [4.69, 9.17) is 34.8 Å². The first-order chi connectivity index (χ1) is 19.9. The van der Waals surface area contributed by atoms with Crippen molar-refractivity contribution in [1.29, 1.82) is 0 Å². The van der Waals surface area contributed by atoms with Gasteiger partial charge in [0.05, 0.1) is 22.0 Å². The zero-order valence-corrected chi connectivity index (χ0v) is 26.6. The largest absolute Gasteiger partial charge is 0.352 e. The summed E-state index contributed by atoms with van der Waals surface area (Å²) >= 11 is 18.7. The second kappa shape index (κ2) is 14.1. The highest BCUT2D eigenvalue weighted by atomic mass is 35.5. The van der Waals surface area contributed by atoms with Crippen LogP contribution in [-0.4, -0.2) is 50.0 Å². The Kier molecular flexibility index (Phi) is 10.8. The zero-order chi connectivity index (χ0) is 30.4. The molecule has 3 aromatic carbocycles. The first kappa shape index (κ1) is 32.1. The van der Waals surface area contributed by atoms with E-state index in [9.17, 15) is 18.0 Å². The van der Waals surface area contributed by atoms with Crippen LogP contribution in [0.4, 0.5) is 5.69 Å². The van der Waals surface area contributed by atoms with Crippen LogP contribution in [0.1, 0.15) is 42.4 Å². The molecular weight excluding hydrogens is 617 g/mol. The van der Waals surface area contributed by atoms with Crippen LogP contribution in [0.2, 0.25) is 15.1 Å². The molecule has 11 heteroatoms. The fourth-order valence-corrected chi connectivity index (χ4v) is 6.59. The van der Waals surface area contributed by atoms with Gasteiger partial charge >= 0.3 is 0 Å². The first-order valence-corrected chi connectivity index (χ1v) is 16.7. The number of carbonyl (C=O) groups is 2. The molecule has 0 spiro atoms. The van der Waals surface area contributed by atoms with Gasteiger partial charge in [0.15, 0.2) is 0 Å². The molecule has 7 nitrogen and oxygen atoms in total. The smallest absolute Gasteiger partial charge is 0.244 e. The molecular formula is C31H34Cl3N3O4S. The van der Waals surface area contributed by atoms with Crippen molar-refractivity contribution in [2.75, 3.05) is 17.1 Å². The summed E-state index contributed by atoms with van der Waals surface area (Å²) in [6.07, 6.45) is 5.09. The minimum absolute atomic E-state index is 0.0113. The Morgan fingerprint density at radius 2 is 1.62 bits per heavy atom. The van der Waals surface area contributed by atoms with E-state index in [2.05, 4.69) is 5.32 Å². The van der Waals surface area contributed by atoms with Gasteiger partial charge in [-0.15, -0.1) is 0 Å². The molecule has 224 valence electrons. The van der Waals surface area contributed by atoms with Crippen molar-refractivity contribution in [3.8, 4) is 0 Å². The Hall–Kier alpha value is -2.78. The van der Waals surface area contributed by atoms with Crippen molar-refractivity contribution in [3.63, 3.8) is 0 Å². The van der Waals surface area contributed by atoms with Crippen LogP contribution in [0.15, 0.2) is 66.7 Å². The molecule has 42 heavy (non-hydrogen) atoms. The molecule has 0 radical (unpaired) electrons. The average Bonchev–Trinajstić information content (AvgIpc) is 3.45.